The van der Waals surface area contributed by atoms with Crippen LogP contribution in [-0.2, 0) is 42.2 Å². The van der Waals surface area contributed by atoms with Crippen molar-refractivity contribution in [2.24, 2.45) is 0 Å². The standard InChI is InChI=1S/C29H26ClFN4O4S.2C4H6O5/c1-40(36,37)12-11-32-16-23-7-10-27(39-23)20-5-8-26-24(14-20)29(34-18-33-26)35-22-6-9-28(25(30)15-22)38-17-19-3-2-4-21(31)13-19;2*5-2(4(8)9)1-3(6)7/h2-10,13-15,18,32H,11-12,16-17H2,1H3,(H,33,34,35);2*2,5H,1H2,(H,6,7)(H,8,9). The van der Waals surface area contributed by atoms with Crippen LogP contribution in [0.25, 0.3) is 22.2 Å². The molecule has 0 fully saturated rings. The van der Waals surface area contributed by atoms with E-state index in [1.54, 1.807) is 24.3 Å². The largest absolute Gasteiger partial charge is 0.487 e. The van der Waals surface area contributed by atoms with Crippen LogP contribution in [-0.4, -0.2) is 104 Å². The molecular formula is C37H38ClFN4O14S. The number of benzene rings is 3. The van der Waals surface area contributed by atoms with E-state index in [-0.39, 0.29) is 18.2 Å². The summed E-state index contributed by atoms with van der Waals surface area (Å²) in [6.45, 7) is 0.956. The van der Waals surface area contributed by atoms with Crippen LogP contribution in [0.15, 0.2) is 83.5 Å². The zero-order chi connectivity index (χ0) is 43.0. The van der Waals surface area contributed by atoms with Crippen molar-refractivity contribution in [2.45, 2.75) is 38.2 Å². The van der Waals surface area contributed by atoms with Crippen molar-refractivity contribution < 1.29 is 71.8 Å². The molecule has 3 aromatic carbocycles. The van der Waals surface area contributed by atoms with Crippen molar-refractivity contribution in [2.75, 3.05) is 23.9 Å². The number of rotatable bonds is 17. The summed E-state index contributed by atoms with van der Waals surface area (Å²) in [5.74, 6) is -3.52. The molecule has 0 amide bonds. The molecule has 21 heteroatoms. The highest BCUT2D eigenvalue weighted by atomic mass is 35.5. The first-order valence-corrected chi connectivity index (χ1v) is 19.2. The lowest BCUT2D eigenvalue weighted by atomic mass is 10.1. The number of nitrogens with zero attached hydrogens (tertiary/aromatic N) is 2. The third kappa shape index (κ3) is 16.1. The maximum absolute atomic E-state index is 13.4. The monoisotopic (exact) mass is 848 g/mol. The summed E-state index contributed by atoms with van der Waals surface area (Å²) >= 11 is 6.47. The highest BCUT2D eigenvalue weighted by Crippen LogP contribution is 2.33. The summed E-state index contributed by atoms with van der Waals surface area (Å²) < 4.78 is 47.8. The number of aliphatic carboxylic acids is 4. The second kappa shape index (κ2) is 21.9. The number of anilines is 2. The Balaban J connectivity index is 0.000000416. The van der Waals surface area contributed by atoms with Crippen molar-refractivity contribution in [3.05, 3.63) is 101 Å². The van der Waals surface area contributed by atoms with Crippen LogP contribution in [0.1, 0.15) is 24.2 Å². The van der Waals surface area contributed by atoms with Crippen LogP contribution in [0.2, 0.25) is 5.02 Å². The molecule has 5 aromatic rings. The van der Waals surface area contributed by atoms with Gasteiger partial charge >= 0.3 is 23.9 Å². The average Bonchev–Trinajstić information content (AvgIpc) is 3.62. The normalized spacial score (nSPS) is 11.9. The molecule has 18 nitrogen and oxygen atoms in total. The van der Waals surface area contributed by atoms with E-state index in [2.05, 4.69) is 20.6 Å². The minimum atomic E-state index is -3.02. The summed E-state index contributed by atoms with van der Waals surface area (Å²) in [6, 6.07) is 21.0. The van der Waals surface area contributed by atoms with Crippen molar-refractivity contribution >= 4 is 67.7 Å². The van der Waals surface area contributed by atoms with Crippen molar-refractivity contribution in [3.8, 4) is 17.1 Å². The van der Waals surface area contributed by atoms with E-state index in [4.69, 9.17) is 51.4 Å². The summed E-state index contributed by atoms with van der Waals surface area (Å²) in [5, 5.41) is 55.8. The average molecular weight is 849 g/mol. The number of carbonyl (C=O) groups is 4. The molecule has 2 heterocycles. The Morgan fingerprint density at radius 3 is 2.12 bits per heavy atom. The number of carboxylic acids is 4. The Kier molecular flexibility index (Phi) is 17.5. The van der Waals surface area contributed by atoms with E-state index >= 15 is 0 Å². The van der Waals surface area contributed by atoms with Gasteiger partial charge in [-0.25, -0.2) is 32.4 Å². The molecular weight excluding hydrogens is 811 g/mol. The molecule has 0 saturated heterocycles. The molecule has 58 heavy (non-hydrogen) atoms. The van der Waals surface area contributed by atoms with Gasteiger partial charge in [0.1, 0.15) is 51.7 Å². The molecule has 2 atom stereocenters. The fourth-order valence-electron chi connectivity index (χ4n) is 4.53. The number of aromatic nitrogens is 2. The Morgan fingerprint density at radius 2 is 1.55 bits per heavy atom. The number of hydrogen-bond donors (Lipinski definition) is 8. The van der Waals surface area contributed by atoms with Crippen LogP contribution in [0, 0.1) is 5.82 Å². The summed E-state index contributed by atoms with van der Waals surface area (Å²) in [4.78, 5) is 47.6. The molecule has 0 saturated carbocycles. The summed E-state index contributed by atoms with van der Waals surface area (Å²) in [5.41, 5.74) is 2.99. The molecule has 0 aliphatic heterocycles. The summed E-state index contributed by atoms with van der Waals surface area (Å²) in [6.07, 6.45) is -2.40. The Bertz CT molecular complexity index is 2290. The van der Waals surface area contributed by atoms with E-state index in [1.165, 1.54) is 24.7 Å². The molecule has 0 aliphatic carbocycles. The Morgan fingerprint density at radius 1 is 0.879 bits per heavy atom. The number of halogens is 2. The topological polar surface area (TPSA) is 296 Å². The van der Waals surface area contributed by atoms with E-state index in [9.17, 15) is 32.0 Å². The molecule has 310 valence electrons. The van der Waals surface area contributed by atoms with E-state index < -0.39 is 58.8 Å². The molecule has 0 radical (unpaired) electrons. The lowest BCUT2D eigenvalue weighted by molar-refractivity contribution is -0.153. The van der Waals surface area contributed by atoms with Gasteiger partial charge in [-0.2, -0.15) is 0 Å². The molecule has 2 unspecified atom stereocenters. The van der Waals surface area contributed by atoms with Gasteiger partial charge < -0.3 is 50.4 Å². The van der Waals surface area contributed by atoms with Crippen LogP contribution < -0.4 is 15.4 Å². The number of fused-ring (bicyclic) bond motifs is 1. The number of aliphatic hydroxyl groups excluding tert-OH is 2. The van der Waals surface area contributed by atoms with Gasteiger partial charge in [0, 0.05) is 29.4 Å². The minimum absolute atomic E-state index is 0.0664. The predicted molar refractivity (Wildman–Crippen MR) is 206 cm³/mol. The number of hydrogen-bond acceptors (Lipinski definition) is 14. The van der Waals surface area contributed by atoms with Crippen LogP contribution in [0.4, 0.5) is 15.9 Å². The highest BCUT2D eigenvalue weighted by molar-refractivity contribution is 7.90. The quantitative estimate of drug-likeness (QED) is 0.0614. The van der Waals surface area contributed by atoms with Gasteiger partial charge in [-0.1, -0.05) is 23.7 Å². The Labute approximate surface area is 334 Å². The predicted octanol–water partition coefficient (Wildman–Crippen LogP) is 3.95. The zero-order valence-electron chi connectivity index (χ0n) is 30.4. The zero-order valence-corrected chi connectivity index (χ0v) is 32.0. The number of sulfone groups is 1. The second-order valence-corrected chi connectivity index (χ2v) is 14.8. The molecule has 5 rings (SSSR count). The minimum Gasteiger partial charge on any atom is -0.487 e. The number of nitrogens with one attached hydrogen (secondary N) is 2. The lowest BCUT2D eigenvalue weighted by Gasteiger charge is -2.12. The smallest absolute Gasteiger partial charge is 0.333 e. The number of aliphatic hydroxyl groups is 2. The number of furan rings is 1. The van der Waals surface area contributed by atoms with Gasteiger partial charge in [0.15, 0.2) is 12.2 Å². The summed E-state index contributed by atoms with van der Waals surface area (Å²) in [7, 11) is -3.02. The molecule has 0 aliphatic rings. The highest BCUT2D eigenvalue weighted by Gasteiger charge is 2.17. The number of carboxylic acid groups (broad SMARTS) is 4. The van der Waals surface area contributed by atoms with Gasteiger partial charge in [0.2, 0.25) is 0 Å². The molecule has 8 N–H and O–H groups in total. The lowest BCUT2D eigenvalue weighted by Crippen LogP contribution is -2.22. The van der Waals surface area contributed by atoms with Crippen LogP contribution >= 0.6 is 11.6 Å². The van der Waals surface area contributed by atoms with Crippen LogP contribution in [0.5, 0.6) is 5.75 Å². The first-order valence-electron chi connectivity index (χ1n) is 16.7. The first-order chi connectivity index (χ1) is 27.3. The van der Waals surface area contributed by atoms with E-state index in [1.807, 2.05) is 36.4 Å². The third-order valence-electron chi connectivity index (χ3n) is 7.31. The van der Waals surface area contributed by atoms with Crippen LogP contribution in [0.3, 0.4) is 0 Å². The fraction of sp³-hybridized carbons (Fsp3) is 0.243. The SMILES string of the molecule is CS(=O)(=O)CCNCc1ccc(-c2ccc3ncnc(Nc4ccc(OCc5cccc(F)c5)c(Cl)c4)c3c2)o1.O=C(O)CC(O)C(=O)O.O=C(O)CC(O)C(=O)O. The maximum atomic E-state index is 13.4. The maximum Gasteiger partial charge on any atom is 0.333 e. The molecule has 0 bridgehead atoms. The van der Waals surface area contributed by atoms with Gasteiger partial charge in [0.25, 0.3) is 0 Å². The van der Waals surface area contributed by atoms with E-state index in [0.717, 1.165) is 16.5 Å². The van der Waals surface area contributed by atoms with E-state index in [0.29, 0.717) is 52.5 Å². The Hall–Kier alpha value is -6.19. The third-order valence-corrected chi connectivity index (χ3v) is 8.56. The van der Waals surface area contributed by atoms with Gasteiger partial charge in [0.05, 0.1) is 35.7 Å². The number of ether oxygens (including phenoxy) is 1. The van der Waals surface area contributed by atoms with Gasteiger partial charge in [-0.05, 0) is 66.2 Å². The second-order valence-electron chi connectivity index (χ2n) is 12.1. The first kappa shape index (κ1) is 46.2. The van der Waals surface area contributed by atoms with Crippen molar-refractivity contribution in [1.29, 1.82) is 0 Å². The fourth-order valence-corrected chi connectivity index (χ4v) is 5.28. The molecule has 0 spiro atoms. The van der Waals surface area contributed by atoms with Gasteiger partial charge in [-0.3, -0.25) is 9.59 Å². The van der Waals surface area contributed by atoms with Crippen molar-refractivity contribution in [1.82, 2.24) is 15.3 Å². The molecule has 2 aromatic heterocycles. The van der Waals surface area contributed by atoms with Gasteiger partial charge in [-0.15, -0.1) is 0 Å². The van der Waals surface area contributed by atoms with Crippen molar-refractivity contribution in [3.63, 3.8) is 0 Å².